The van der Waals surface area contributed by atoms with Crippen molar-refractivity contribution in [2.75, 3.05) is 22.2 Å². The highest BCUT2D eigenvalue weighted by Crippen LogP contribution is 2.47. The van der Waals surface area contributed by atoms with Gasteiger partial charge in [-0.3, -0.25) is 8.61 Å². The number of nitriles is 1. The van der Waals surface area contributed by atoms with E-state index in [0.29, 0.717) is 11.1 Å². The normalized spacial score (nSPS) is 16.4. The van der Waals surface area contributed by atoms with Crippen LogP contribution in [0, 0.1) is 23.1 Å². The second-order valence-electron chi connectivity index (χ2n) is 6.06. The fraction of sp³-hybridized carbons (Fsp3) is 0.278. The third-order valence-electron chi connectivity index (χ3n) is 4.35. The number of fused-ring (bicyclic) bond motifs is 1. The van der Waals surface area contributed by atoms with Crippen molar-refractivity contribution in [1.29, 1.82) is 5.26 Å². The molecule has 0 N–H and O–H groups in total. The Labute approximate surface area is 139 Å². The summed E-state index contributed by atoms with van der Waals surface area (Å²) in [6, 6.07) is 12.7. The first-order valence-corrected chi connectivity index (χ1v) is 8.43. The molecule has 1 fully saturated rings. The molecule has 1 aliphatic carbocycles. The van der Waals surface area contributed by atoms with Crippen molar-refractivity contribution < 1.29 is 4.39 Å². The molecule has 0 amide bonds. The molecule has 5 heteroatoms. The topological polar surface area (TPSA) is 30.3 Å². The summed E-state index contributed by atoms with van der Waals surface area (Å²) in [4.78, 5) is 0. The van der Waals surface area contributed by atoms with Crippen LogP contribution in [0.25, 0.3) is 11.1 Å². The Morgan fingerprint density at radius 3 is 2.83 bits per heavy atom. The van der Waals surface area contributed by atoms with Gasteiger partial charge in [-0.05, 0) is 48.6 Å². The molecule has 0 saturated heterocycles. The lowest BCUT2D eigenvalue weighted by Gasteiger charge is -2.16. The largest absolute Gasteiger partial charge is 0.300 e. The van der Waals surface area contributed by atoms with Crippen molar-refractivity contribution in [2.45, 2.75) is 12.8 Å². The average Bonchev–Trinajstić information content (AvgIpc) is 3.32. The quantitative estimate of drug-likeness (QED) is 0.772. The molecule has 1 aliphatic heterocycles. The second-order valence-corrected chi connectivity index (χ2v) is 7.21. The van der Waals surface area contributed by atoms with Crippen LogP contribution in [0.3, 0.4) is 0 Å². The molecule has 2 aliphatic rings. The predicted octanol–water partition coefficient (Wildman–Crippen LogP) is 4.59. The van der Waals surface area contributed by atoms with E-state index in [-0.39, 0.29) is 5.82 Å². The summed E-state index contributed by atoms with van der Waals surface area (Å²) in [7, 11) is 2.02. The minimum atomic E-state index is -0.355. The molecule has 0 unspecified atom stereocenters. The first kappa shape index (κ1) is 14.4. The van der Waals surface area contributed by atoms with E-state index in [2.05, 4.69) is 14.7 Å². The molecule has 1 saturated carbocycles. The maximum atomic E-state index is 14.2. The molecule has 0 bridgehead atoms. The van der Waals surface area contributed by atoms with Crippen molar-refractivity contribution in [3.8, 4) is 17.2 Å². The molecule has 2 aromatic carbocycles. The van der Waals surface area contributed by atoms with Gasteiger partial charge in [-0.1, -0.05) is 12.1 Å². The lowest BCUT2D eigenvalue weighted by atomic mass is 9.98. The number of hydrogen-bond donors (Lipinski definition) is 0. The third kappa shape index (κ3) is 2.53. The van der Waals surface area contributed by atoms with E-state index in [0.717, 1.165) is 23.7 Å². The minimum absolute atomic E-state index is 0.355. The highest BCUT2D eigenvalue weighted by Gasteiger charge is 2.31. The summed E-state index contributed by atoms with van der Waals surface area (Å²) in [6.07, 6.45) is 2.63. The van der Waals surface area contributed by atoms with Gasteiger partial charge < -0.3 is 0 Å². The monoisotopic (exact) mass is 325 g/mol. The molecule has 23 heavy (non-hydrogen) atoms. The number of benzene rings is 2. The van der Waals surface area contributed by atoms with Crippen LogP contribution in [0.4, 0.5) is 15.8 Å². The highest BCUT2D eigenvalue weighted by molar-refractivity contribution is 8.02. The second kappa shape index (κ2) is 5.47. The Morgan fingerprint density at radius 2 is 2.09 bits per heavy atom. The number of rotatable bonds is 3. The molecular weight excluding hydrogens is 309 g/mol. The van der Waals surface area contributed by atoms with E-state index in [4.69, 9.17) is 0 Å². The minimum Gasteiger partial charge on any atom is -0.300 e. The van der Waals surface area contributed by atoms with Crippen LogP contribution in [0.2, 0.25) is 0 Å². The fourth-order valence-electron chi connectivity index (χ4n) is 2.96. The van der Waals surface area contributed by atoms with E-state index in [1.165, 1.54) is 24.6 Å². The highest BCUT2D eigenvalue weighted by atomic mass is 32.2. The van der Waals surface area contributed by atoms with Gasteiger partial charge in [0, 0.05) is 19.2 Å². The van der Waals surface area contributed by atoms with Crippen LogP contribution in [-0.4, -0.2) is 13.6 Å². The Bertz CT molecular complexity index is 810. The molecule has 3 nitrogen and oxygen atoms in total. The molecule has 116 valence electrons. The summed E-state index contributed by atoms with van der Waals surface area (Å²) in [5, 5.41) is 9.26. The van der Waals surface area contributed by atoms with Crippen LogP contribution in [-0.2, 0) is 0 Å². The molecule has 0 atom stereocenters. The summed E-state index contributed by atoms with van der Waals surface area (Å²) < 4.78 is 18.7. The molecule has 2 aromatic rings. The molecule has 0 radical (unpaired) electrons. The van der Waals surface area contributed by atoms with E-state index >= 15 is 0 Å². The number of anilines is 2. The van der Waals surface area contributed by atoms with Crippen LogP contribution in [0.15, 0.2) is 36.4 Å². The third-order valence-corrected chi connectivity index (χ3v) is 5.33. The summed E-state index contributed by atoms with van der Waals surface area (Å²) in [5.41, 5.74) is 3.74. The van der Waals surface area contributed by atoms with E-state index in [9.17, 15) is 9.65 Å². The van der Waals surface area contributed by atoms with Gasteiger partial charge in [-0.2, -0.15) is 5.26 Å². The molecule has 0 spiro atoms. The van der Waals surface area contributed by atoms with Crippen molar-refractivity contribution in [3.05, 3.63) is 47.8 Å². The number of hydrogen-bond acceptors (Lipinski definition) is 4. The van der Waals surface area contributed by atoms with Crippen LogP contribution in [0.1, 0.15) is 18.4 Å². The lowest BCUT2D eigenvalue weighted by Crippen LogP contribution is -2.16. The van der Waals surface area contributed by atoms with Gasteiger partial charge >= 0.3 is 0 Å². The predicted molar refractivity (Wildman–Crippen MR) is 92.6 cm³/mol. The summed E-state index contributed by atoms with van der Waals surface area (Å²) >= 11 is 1.69. The molecule has 0 aromatic heterocycles. The Morgan fingerprint density at radius 1 is 1.26 bits per heavy atom. The van der Waals surface area contributed by atoms with Gasteiger partial charge in [-0.15, -0.1) is 0 Å². The van der Waals surface area contributed by atoms with Gasteiger partial charge in [0.15, 0.2) is 0 Å². The zero-order chi connectivity index (χ0) is 16.0. The zero-order valence-corrected chi connectivity index (χ0v) is 13.6. The first-order chi connectivity index (χ1) is 11.2. The smallest absolute Gasteiger partial charge is 0.132 e. The van der Waals surface area contributed by atoms with Crippen molar-refractivity contribution in [1.82, 2.24) is 0 Å². The average molecular weight is 325 g/mol. The Balaban J connectivity index is 1.76. The Kier molecular flexibility index (Phi) is 3.42. The van der Waals surface area contributed by atoms with Crippen molar-refractivity contribution in [2.24, 2.45) is 5.92 Å². The first-order valence-electron chi connectivity index (χ1n) is 7.70. The van der Waals surface area contributed by atoms with E-state index in [1.54, 1.807) is 24.3 Å². The van der Waals surface area contributed by atoms with E-state index in [1.807, 2.05) is 25.2 Å². The van der Waals surface area contributed by atoms with Crippen molar-refractivity contribution >= 4 is 23.5 Å². The van der Waals surface area contributed by atoms with Gasteiger partial charge in [-0.25, -0.2) is 4.39 Å². The van der Waals surface area contributed by atoms with Gasteiger partial charge in [0.1, 0.15) is 5.82 Å². The van der Waals surface area contributed by atoms with Crippen LogP contribution >= 0.6 is 12.1 Å². The van der Waals surface area contributed by atoms with Gasteiger partial charge in [0.2, 0.25) is 0 Å². The van der Waals surface area contributed by atoms with Crippen LogP contribution < -0.4 is 8.61 Å². The van der Waals surface area contributed by atoms with Crippen molar-refractivity contribution in [3.63, 3.8) is 0 Å². The van der Waals surface area contributed by atoms with Gasteiger partial charge in [0.05, 0.1) is 35.1 Å². The SMILES string of the molecule is CN1SN(CC2CC2)c2ccc(-c3c(F)cccc3C#N)cc21. The fourth-order valence-corrected chi connectivity index (χ4v) is 4.00. The number of halogens is 1. The standard InChI is InChI=1S/C18H16FN3S/c1-21-17-9-13(18-14(10-20)3-2-4-15(18)19)7-8-16(17)22(23-21)11-12-5-6-12/h2-4,7-9,12H,5-6,11H2,1H3. The maximum Gasteiger partial charge on any atom is 0.132 e. The molecule has 1 heterocycles. The van der Waals surface area contributed by atoms with Crippen LogP contribution in [0.5, 0.6) is 0 Å². The zero-order valence-electron chi connectivity index (χ0n) is 12.8. The lowest BCUT2D eigenvalue weighted by molar-refractivity contribution is 0.631. The Hall–Kier alpha value is -2.19. The number of nitrogens with zero attached hydrogens (tertiary/aromatic N) is 3. The van der Waals surface area contributed by atoms with E-state index < -0.39 is 0 Å². The molecule has 4 rings (SSSR count). The molecular formula is C18H16FN3S. The summed E-state index contributed by atoms with van der Waals surface area (Å²) in [6.45, 7) is 1.06. The maximum absolute atomic E-state index is 14.2. The van der Waals surface area contributed by atoms with Gasteiger partial charge in [0.25, 0.3) is 0 Å². The summed E-state index contributed by atoms with van der Waals surface area (Å²) in [5.74, 6) is 0.449.